The normalized spacial score (nSPS) is 15.8. The number of fused-ring (bicyclic) bond motifs is 1. The zero-order valence-electron chi connectivity index (χ0n) is 16.1. The molecule has 152 valence electrons. The van der Waals surface area contributed by atoms with Crippen molar-refractivity contribution in [3.63, 3.8) is 0 Å². The van der Waals surface area contributed by atoms with Crippen molar-refractivity contribution in [2.75, 3.05) is 13.1 Å². The van der Waals surface area contributed by atoms with Crippen LogP contribution in [0, 0.1) is 6.92 Å². The molecule has 3 heterocycles. The fourth-order valence-electron chi connectivity index (χ4n) is 4.02. The van der Waals surface area contributed by atoms with Crippen LogP contribution in [0.2, 0.25) is 0 Å². The SMILES string of the molecule is Cc1cccn2c([C@H](CC(=O)N3CCCC3)c3cccc(C(F)(F)F)c3)cnc12. The van der Waals surface area contributed by atoms with Gasteiger partial charge in [-0.25, -0.2) is 4.98 Å². The Morgan fingerprint density at radius 2 is 1.93 bits per heavy atom. The zero-order chi connectivity index (χ0) is 20.6. The Bertz CT molecular complexity index is 1040. The summed E-state index contributed by atoms with van der Waals surface area (Å²) in [6, 6.07) is 9.07. The Morgan fingerprint density at radius 3 is 2.66 bits per heavy atom. The summed E-state index contributed by atoms with van der Waals surface area (Å²) in [5.74, 6) is -0.547. The van der Waals surface area contributed by atoms with E-state index in [0.29, 0.717) is 18.7 Å². The van der Waals surface area contributed by atoms with E-state index in [1.165, 1.54) is 6.07 Å². The molecule has 2 aromatic heterocycles. The van der Waals surface area contributed by atoms with E-state index >= 15 is 0 Å². The summed E-state index contributed by atoms with van der Waals surface area (Å²) in [5, 5.41) is 0. The number of carbonyl (C=O) groups is 1. The van der Waals surface area contributed by atoms with E-state index in [1.807, 2.05) is 29.7 Å². The van der Waals surface area contributed by atoms with Crippen molar-refractivity contribution in [2.24, 2.45) is 0 Å². The Kier molecular flexibility index (Phi) is 5.06. The third-order valence-corrected chi connectivity index (χ3v) is 5.57. The van der Waals surface area contributed by atoms with Crippen LogP contribution in [0.15, 0.2) is 48.8 Å². The number of imidazole rings is 1. The molecule has 1 aliphatic heterocycles. The Labute approximate surface area is 167 Å². The molecular formula is C22H22F3N3O. The number of alkyl halides is 3. The smallest absolute Gasteiger partial charge is 0.343 e. The highest BCUT2D eigenvalue weighted by Crippen LogP contribution is 2.35. The monoisotopic (exact) mass is 401 g/mol. The fraction of sp³-hybridized carbons (Fsp3) is 0.364. The van der Waals surface area contributed by atoms with Gasteiger partial charge in [0.2, 0.25) is 5.91 Å². The maximum Gasteiger partial charge on any atom is 0.416 e. The molecule has 1 amide bonds. The second-order valence-electron chi connectivity index (χ2n) is 7.54. The molecule has 4 rings (SSSR count). The van der Waals surface area contributed by atoms with Gasteiger partial charge in [0.15, 0.2) is 0 Å². The van der Waals surface area contributed by atoms with E-state index < -0.39 is 17.7 Å². The maximum atomic E-state index is 13.3. The highest BCUT2D eigenvalue weighted by Gasteiger charge is 2.32. The molecule has 1 aliphatic rings. The number of nitrogens with zero attached hydrogens (tertiary/aromatic N) is 3. The van der Waals surface area contributed by atoms with Gasteiger partial charge in [0.1, 0.15) is 5.65 Å². The number of aryl methyl sites for hydroxylation is 1. The van der Waals surface area contributed by atoms with Crippen LogP contribution in [-0.4, -0.2) is 33.3 Å². The summed E-state index contributed by atoms with van der Waals surface area (Å²) >= 11 is 0. The molecule has 0 radical (unpaired) electrons. The first kappa shape index (κ1) is 19.5. The number of hydrogen-bond donors (Lipinski definition) is 0. The topological polar surface area (TPSA) is 37.6 Å². The van der Waals surface area contributed by atoms with Crippen LogP contribution in [0.3, 0.4) is 0 Å². The first-order valence-electron chi connectivity index (χ1n) is 9.72. The first-order valence-corrected chi connectivity index (χ1v) is 9.72. The molecule has 1 saturated heterocycles. The van der Waals surface area contributed by atoms with Crippen LogP contribution < -0.4 is 0 Å². The lowest BCUT2D eigenvalue weighted by Crippen LogP contribution is -2.29. The number of benzene rings is 1. The number of hydrogen-bond acceptors (Lipinski definition) is 2. The van der Waals surface area contributed by atoms with Gasteiger partial charge in [-0.2, -0.15) is 13.2 Å². The van der Waals surface area contributed by atoms with Gasteiger partial charge < -0.3 is 9.30 Å². The van der Waals surface area contributed by atoms with Gasteiger partial charge in [-0.1, -0.05) is 24.3 Å². The quantitative estimate of drug-likeness (QED) is 0.629. The van der Waals surface area contributed by atoms with Gasteiger partial charge in [0.25, 0.3) is 0 Å². The highest BCUT2D eigenvalue weighted by atomic mass is 19.4. The molecule has 1 aromatic carbocycles. The van der Waals surface area contributed by atoms with Crippen molar-refractivity contribution >= 4 is 11.6 Å². The second kappa shape index (κ2) is 7.54. The van der Waals surface area contributed by atoms with E-state index in [0.717, 1.165) is 41.9 Å². The van der Waals surface area contributed by atoms with Crippen LogP contribution >= 0.6 is 0 Å². The minimum absolute atomic E-state index is 0.0347. The van der Waals surface area contributed by atoms with Crippen LogP contribution in [-0.2, 0) is 11.0 Å². The molecule has 0 unspecified atom stereocenters. The third kappa shape index (κ3) is 3.86. The van der Waals surface area contributed by atoms with Gasteiger partial charge >= 0.3 is 6.18 Å². The zero-order valence-corrected chi connectivity index (χ0v) is 16.1. The number of aromatic nitrogens is 2. The van der Waals surface area contributed by atoms with Crippen molar-refractivity contribution in [1.82, 2.24) is 14.3 Å². The van der Waals surface area contributed by atoms with Gasteiger partial charge in [-0.15, -0.1) is 0 Å². The van der Waals surface area contributed by atoms with Crippen LogP contribution in [0.25, 0.3) is 5.65 Å². The van der Waals surface area contributed by atoms with E-state index in [2.05, 4.69) is 4.98 Å². The summed E-state index contributed by atoms with van der Waals surface area (Å²) in [6.45, 7) is 3.35. The van der Waals surface area contributed by atoms with Gasteiger partial charge in [0, 0.05) is 37.8 Å². The van der Waals surface area contributed by atoms with Crippen molar-refractivity contribution in [2.45, 2.75) is 38.3 Å². The summed E-state index contributed by atoms with van der Waals surface area (Å²) in [5.41, 5.74) is 2.19. The molecule has 0 bridgehead atoms. The summed E-state index contributed by atoms with van der Waals surface area (Å²) < 4.78 is 41.8. The van der Waals surface area contributed by atoms with E-state index in [4.69, 9.17) is 0 Å². The molecule has 4 nitrogen and oxygen atoms in total. The van der Waals surface area contributed by atoms with Gasteiger partial charge in [-0.3, -0.25) is 4.79 Å². The predicted molar refractivity (Wildman–Crippen MR) is 104 cm³/mol. The Hall–Kier alpha value is -2.83. The predicted octanol–water partition coefficient (Wildman–Crippen LogP) is 4.81. The third-order valence-electron chi connectivity index (χ3n) is 5.57. The Balaban J connectivity index is 1.79. The largest absolute Gasteiger partial charge is 0.416 e. The Morgan fingerprint density at radius 1 is 1.17 bits per heavy atom. The van der Waals surface area contributed by atoms with E-state index in [1.54, 1.807) is 17.2 Å². The molecule has 7 heteroatoms. The average molecular weight is 401 g/mol. The van der Waals surface area contributed by atoms with Gasteiger partial charge in [0.05, 0.1) is 11.3 Å². The number of rotatable bonds is 4. The first-order chi connectivity index (χ1) is 13.8. The highest BCUT2D eigenvalue weighted by molar-refractivity contribution is 5.78. The van der Waals surface area contributed by atoms with Gasteiger partial charge in [-0.05, 0) is 43.0 Å². The summed E-state index contributed by atoms with van der Waals surface area (Å²) in [4.78, 5) is 19.1. The van der Waals surface area contributed by atoms with Crippen molar-refractivity contribution < 1.29 is 18.0 Å². The van der Waals surface area contributed by atoms with Crippen LogP contribution in [0.4, 0.5) is 13.2 Å². The minimum atomic E-state index is -4.43. The van der Waals surface area contributed by atoms with Crippen molar-refractivity contribution in [3.8, 4) is 0 Å². The molecule has 1 atom stereocenters. The molecule has 0 aliphatic carbocycles. The van der Waals surface area contributed by atoms with E-state index in [-0.39, 0.29) is 12.3 Å². The number of carbonyl (C=O) groups excluding carboxylic acids is 1. The van der Waals surface area contributed by atoms with Crippen molar-refractivity contribution in [3.05, 3.63) is 71.2 Å². The molecule has 1 fully saturated rings. The van der Waals surface area contributed by atoms with E-state index in [9.17, 15) is 18.0 Å². The summed E-state index contributed by atoms with van der Waals surface area (Å²) in [6.07, 6.45) is 1.12. The number of amides is 1. The molecule has 29 heavy (non-hydrogen) atoms. The average Bonchev–Trinajstić information content (AvgIpc) is 3.36. The van der Waals surface area contributed by atoms with Crippen LogP contribution in [0.1, 0.15) is 47.6 Å². The standard InChI is InChI=1S/C22H22F3N3O/c1-15-6-5-11-28-19(14-26-21(15)28)18(13-20(29)27-9-2-3-10-27)16-7-4-8-17(12-16)22(23,24)25/h4-8,11-12,14,18H,2-3,9-10,13H2,1H3/t18-/m1/s1. The molecule has 0 saturated carbocycles. The molecule has 3 aromatic rings. The lowest BCUT2D eigenvalue weighted by molar-refractivity contribution is -0.137. The fourth-order valence-corrected chi connectivity index (χ4v) is 4.02. The lowest BCUT2D eigenvalue weighted by atomic mass is 9.90. The molecule has 0 spiro atoms. The second-order valence-corrected chi connectivity index (χ2v) is 7.54. The molecular weight excluding hydrogens is 379 g/mol. The number of pyridine rings is 1. The maximum absolute atomic E-state index is 13.3. The lowest BCUT2D eigenvalue weighted by Gasteiger charge is -2.22. The number of halogens is 3. The summed E-state index contributed by atoms with van der Waals surface area (Å²) in [7, 11) is 0. The molecule has 0 N–H and O–H groups in total. The van der Waals surface area contributed by atoms with Crippen LogP contribution in [0.5, 0.6) is 0 Å². The minimum Gasteiger partial charge on any atom is -0.343 e. The number of likely N-dealkylation sites (tertiary alicyclic amines) is 1. The van der Waals surface area contributed by atoms with Crippen molar-refractivity contribution in [1.29, 1.82) is 0 Å².